The Labute approximate surface area is 222 Å². The minimum atomic E-state index is -4.76. The number of hydrogen-bond donors (Lipinski definition) is 2. The Morgan fingerprint density at radius 2 is 1.69 bits per heavy atom. The molecule has 2 saturated heterocycles. The fourth-order valence-electron chi connectivity index (χ4n) is 5.61. The van der Waals surface area contributed by atoms with Gasteiger partial charge in [0.2, 0.25) is 11.8 Å². The third-order valence-corrected chi connectivity index (χ3v) is 7.86. The van der Waals surface area contributed by atoms with Gasteiger partial charge < -0.3 is 15.5 Å². The molecule has 210 valence electrons. The summed E-state index contributed by atoms with van der Waals surface area (Å²) in [6.45, 7) is 4.33. The highest BCUT2D eigenvalue weighted by molar-refractivity contribution is 5.98. The highest BCUT2D eigenvalue weighted by atomic mass is 19.4. The monoisotopic (exact) mass is 551 g/mol. The zero-order valence-electron chi connectivity index (χ0n) is 21.6. The Balaban J connectivity index is 1.49. The number of amides is 3. The molecular formula is C28H30F5N3O3. The third-order valence-electron chi connectivity index (χ3n) is 7.86. The first-order chi connectivity index (χ1) is 18.3. The van der Waals surface area contributed by atoms with E-state index in [4.69, 9.17) is 0 Å². The molecular weight excluding hydrogens is 521 g/mol. The largest absolute Gasteiger partial charge is 0.416 e. The zero-order valence-corrected chi connectivity index (χ0v) is 21.6. The van der Waals surface area contributed by atoms with Crippen LogP contribution in [0.15, 0.2) is 42.5 Å². The van der Waals surface area contributed by atoms with Gasteiger partial charge in [0.25, 0.3) is 5.91 Å². The highest BCUT2D eigenvalue weighted by Gasteiger charge is 2.47. The van der Waals surface area contributed by atoms with Crippen LogP contribution in [0.3, 0.4) is 0 Å². The van der Waals surface area contributed by atoms with Crippen LogP contribution in [0.2, 0.25) is 0 Å². The van der Waals surface area contributed by atoms with Crippen LogP contribution < -0.4 is 10.6 Å². The molecule has 4 rings (SSSR count). The second kappa shape index (κ2) is 10.9. The van der Waals surface area contributed by atoms with Crippen molar-refractivity contribution in [2.75, 3.05) is 19.6 Å². The minimum Gasteiger partial charge on any atom is -0.355 e. The van der Waals surface area contributed by atoms with Gasteiger partial charge in [0, 0.05) is 32.0 Å². The second-order valence-electron chi connectivity index (χ2n) is 10.7. The van der Waals surface area contributed by atoms with Gasteiger partial charge in [-0.3, -0.25) is 14.4 Å². The molecule has 2 aromatic carbocycles. The van der Waals surface area contributed by atoms with Crippen LogP contribution >= 0.6 is 0 Å². The molecule has 0 bridgehead atoms. The molecule has 2 atom stereocenters. The molecule has 2 aliphatic heterocycles. The van der Waals surface area contributed by atoms with Crippen molar-refractivity contribution in [2.45, 2.75) is 51.2 Å². The molecule has 1 spiro atoms. The average Bonchev–Trinajstić information content (AvgIpc) is 2.87. The standard InChI is InChI=1S/C28H30F5N3O3/c1-16(2)24(35-25(38)20-13-18(28(31,32)33)5-8-22(20)30)26(39)36-11-9-27(10-12-36)14-23(37)34-15-21(27)17-3-6-19(29)7-4-17/h3-8,13,16,21,24H,9-12,14-15H2,1-2H3,(H,34,37)(H,35,38). The topological polar surface area (TPSA) is 78.5 Å². The van der Waals surface area contributed by atoms with Gasteiger partial charge in [-0.2, -0.15) is 13.2 Å². The van der Waals surface area contributed by atoms with E-state index in [9.17, 15) is 36.3 Å². The Hall–Kier alpha value is -3.50. The molecule has 39 heavy (non-hydrogen) atoms. The molecule has 3 amide bonds. The van der Waals surface area contributed by atoms with Crippen LogP contribution in [0.5, 0.6) is 0 Å². The number of rotatable bonds is 5. The lowest BCUT2D eigenvalue weighted by atomic mass is 9.62. The lowest BCUT2D eigenvalue weighted by Gasteiger charge is -2.49. The molecule has 0 aliphatic carbocycles. The summed E-state index contributed by atoms with van der Waals surface area (Å²) in [6, 6.07) is 6.62. The summed E-state index contributed by atoms with van der Waals surface area (Å²) in [4.78, 5) is 40.2. The molecule has 0 saturated carbocycles. The molecule has 2 unspecified atom stereocenters. The van der Waals surface area contributed by atoms with Crippen LogP contribution in [-0.2, 0) is 15.8 Å². The van der Waals surface area contributed by atoms with E-state index in [1.54, 1.807) is 30.9 Å². The van der Waals surface area contributed by atoms with Crippen molar-refractivity contribution in [3.05, 3.63) is 70.8 Å². The van der Waals surface area contributed by atoms with Crippen molar-refractivity contribution in [1.29, 1.82) is 0 Å². The van der Waals surface area contributed by atoms with Crippen molar-refractivity contribution >= 4 is 17.7 Å². The van der Waals surface area contributed by atoms with Gasteiger partial charge in [-0.25, -0.2) is 8.78 Å². The number of hydrogen-bond acceptors (Lipinski definition) is 3. The maximum atomic E-state index is 14.3. The highest BCUT2D eigenvalue weighted by Crippen LogP contribution is 2.49. The number of carbonyl (C=O) groups excluding carboxylic acids is 3. The van der Waals surface area contributed by atoms with Gasteiger partial charge in [0.1, 0.15) is 17.7 Å². The summed E-state index contributed by atoms with van der Waals surface area (Å²) >= 11 is 0. The predicted molar refractivity (Wildman–Crippen MR) is 133 cm³/mol. The molecule has 2 heterocycles. The van der Waals surface area contributed by atoms with Gasteiger partial charge in [0.15, 0.2) is 0 Å². The quantitative estimate of drug-likeness (QED) is 0.532. The molecule has 6 nitrogen and oxygen atoms in total. The number of benzene rings is 2. The van der Waals surface area contributed by atoms with Crippen molar-refractivity contribution in [3.8, 4) is 0 Å². The summed E-state index contributed by atoms with van der Waals surface area (Å²) < 4.78 is 67.1. The van der Waals surface area contributed by atoms with Gasteiger partial charge in [0.05, 0.1) is 11.1 Å². The number of piperidine rings is 2. The van der Waals surface area contributed by atoms with E-state index in [1.165, 1.54) is 12.1 Å². The van der Waals surface area contributed by atoms with E-state index in [2.05, 4.69) is 10.6 Å². The van der Waals surface area contributed by atoms with Crippen LogP contribution in [0, 0.1) is 23.0 Å². The Bertz CT molecular complexity index is 1240. The summed E-state index contributed by atoms with van der Waals surface area (Å²) in [6.07, 6.45) is -3.51. The molecule has 2 N–H and O–H groups in total. The molecule has 0 aromatic heterocycles. The van der Waals surface area contributed by atoms with Crippen LogP contribution in [0.4, 0.5) is 22.0 Å². The molecule has 2 fully saturated rings. The first-order valence-electron chi connectivity index (χ1n) is 12.8. The van der Waals surface area contributed by atoms with E-state index >= 15 is 0 Å². The van der Waals surface area contributed by atoms with E-state index in [1.807, 2.05) is 0 Å². The van der Waals surface area contributed by atoms with Crippen molar-refractivity contribution in [2.24, 2.45) is 11.3 Å². The van der Waals surface area contributed by atoms with Gasteiger partial charge in [-0.1, -0.05) is 26.0 Å². The number of nitrogens with zero attached hydrogens (tertiary/aromatic N) is 1. The number of alkyl halides is 3. The second-order valence-corrected chi connectivity index (χ2v) is 10.7. The number of nitrogens with one attached hydrogen (secondary N) is 2. The normalized spacial score (nSPS) is 20.1. The fourth-order valence-corrected chi connectivity index (χ4v) is 5.61. The molecule has 2 aromatic rings. The van der Waals surface area contributed by atoms with Gasteiger partial charge in [-0.05, 0) is 60.1 Å². The average molecular weight is 552 g/mol. The lowest BCUT2D eigenvalue weighted by molar-refractivity contribution is -0.139. The van der Waals surface area contributed by atoms with Crippen molar-refractivity contribution in [3.63, 3.8) is 0 Å². The van der Waals surface area contributed by atoms with Crippen LogP contribution in [0.25, 0.3) is 0 Å². The maximum absolute atomic E-state index is 14.3. The zero-order chi connectivity index (χ0) is 28.5. The summed E-state index contributed by atoms with van der Waals surface area (Å²) in [5.74, 6) is -3.63. The number of halogens is 5. The fraction of sp³-hybridized carbons (Fsp3) is 0.464. The first-order valence-corrected chi connectivity index (χ1v) is 12.8. The first kappa shape index (κ1) is 28.5. The number of carbonyl (C=O) groups is 3. The summed E-state index contributed by atoms with van der Waals surface area (Å²) in [5, 5.41) is 5.31. The van der Waals surface area contributed by atoms with E-state index in [-0.39, 0.29) is 24.1 Å². The van der Waals surface area contributed by atoms with Crippen molar-refractivity contribution in [1.82, 2.24) is 15.5 Å². The van der Waals surface area contributed by atoms with Crippen LogP contribution in [-0.4, -0.2) is 48.3 Å². The van der Waals surface area contributed by atoms with E-state index < -0.39 is 52.3 Å². The predicted octanol–water partition coefficient (Wildman–Crippen LogP) is 4.65. The summed E-state index contributed by atoms with van der Waals surface area (Å²) in [5.41, 5.74) is -1.51. The smallest absolute Gasteiger partial charge is 0.355 e. The summed E-state index contributed by atoms with van der Waals surface area (Å²) in [7, 11) is 0. The van der Waals surface area contributed by atoms with E-state index in [0.29, 0.717) is 50.7 Å². The SMILES string of the molecule is CC(C)C(NC(=O)c1cc(C(F)(F)F)ccc1F)C(=O)N1CCC2(CC1)CC(=O)NCC2c1ccc(F)cc1. The van der Waals surface area contributed by atoms with Gasteiger partial charge >= 0.3 is 6.18 Å². The number of likely N-dealkylation sites (tertiary alicyclic amines) is 1. The Kier molecular flexibility index (Phi) is 7.99. The maximum Gasteiger partial charge on any atom is 0.416 e. The van der Waals surface area contributed by atoms with E-state index in [0.717, 1.165) is 5.56 Å². The minimum absolute atomic E-state index is 0.0717. The Morgan fingerprint density at radius 3 is 2.28 bits per heavy atom. The van der Waals surface area contributed by atoms with Crippen LogP contribution in [0.1, 0.15) is 60.5 Å². The molecule has 0 radical (unpaired) electrons. The third kappa shape index (κ3) is 6.07. The Morgan fingerprint density at radius 1 is 1.05 bits per heavy atom. The molecule has 11 heteroatoms. The molecule has 2 aliphatic rings. The lowest BCUT2D eigenvalue weighted by Crippen LogP contribution is -2.57. The van der Waals surface area contributed by atoms with Crippen molar-refractivity contribution < 1.29 is 36.3 Å². The van der Waals surface area contributed by atoms with Gasteiger partial charge in [-0.15, -0.1) is 0 Å².